The Morgan fingerprint density at radius 2 is 1.31 bits per heavy atom. The molecule has 3 aromatic carbocycles. The Morgan fingerprint density at radius 1 is 0.731 bits per heavy atom. The number of aliphatic hydroxyl groups excluding tert-OH is 2. The number of aromatic nitrogens is 2. The fraction of sp³-hybridized carbons (Fsp3) is 0.316. The highest BCUT2D eigenvalue weighted by Gasteiger charge is 2.28. The predicted octanol–water partition coefficient (Wildman–Crippen LogP) is 8.14. The number of furan rings is 1. The van der Waals surface area contributed by atoms with Crippen LogP contribution in [0.4, 0.5) is 0 Å². The van der Waals surface area contributed by atoms with Crippen molar-refractivity contribution in [2.75, 3.05) is 26.2 Å². The Bertz CT molecular complexity index is 2270. The molecule has 0 aliphatic carbocycles. The zero-order valence-electron chi connectivity index (χ0n) is 28.3. The number of hydrogen-bond donors (Lipinski definition) is 2. The largest absolute Gasteiger partial charge is 0.456 e. The predicted molar refractivity (Wildman–Crippen MR) is 204 cm³/mol. The number of hydrogen-bond acceptors (Lipinski definition) is 9. The zero-order valence-corrected chi connectivity index (χ0v) is 29.9. The quantitative estimate of drug-likeness (QED) is 0.0935. The molecule has 2 aliphatic heterocycles. The van der Waals surface area contributed by atoms with Crippen LogP contribution in [-0.2, 0) is 13.1 Å². The minimum atomic E-state index is -0.634. The van der Waals surface area contributed by atoms with Gasteiger partial charge in [-0.1, -0.05) is 52.7 Å². The summed E-state index contributed by atoms with van der Waals surface area (Å²) in [7, 11) is 0. The summed E-state index contributed by atoms with van der Waals surface area (Å²) < 4.78 is 7.06. The summed E-state index contributed by atoms with van der Waals surface area (Å²) in [5, 5.41) is 33.1. The van der Waals surface area contributed by atoms with E-state index in [-0.39, 0.29) is 12.1 Å². The molecule has 0 unspecified atom stereocenters. The van der Waals surface area contributed by atoms with Gasteiger partial charge in [-0.25, -0.2) is 0 Å². The maximum absolute atomic E-state index is 10.3. The number of benzene rings is 3. The summed E-state index contributed by atoms with van der Waals surface area (Å²) >= 11 is 3.53. The van der Waals surface area contributed by atoms with Crippen molar-refractivity contribution in [1.29, 1.82) is 0 Å². The number of likely N-dealkylation sites (tertiary alicyclic amines) is 2. The third kappa shape index (κ3) is 8.04. The molecule has 0 spiro atoms. The third-order valence-electron chi connectivity index (χ3n) is 9.77. The van der Waals surface area contributed by atoms with Gasteiger partial charge in [0.05, 0.1) is 24.3 Å². The van der Waals surface area contributed by atoms with E-state index in [4.69, 9.17) is 15.5 Å². The summed E-state index contributed by atoms with van der Waals surface area (Å²) in [4.78, 5) is 18.6. The molecule has 52 heavy (non-hydrogen) atoms. The number of aliphatic hydroxyl groups is 2. The first kappa shape index (κ1) is 35.4. The molecule has 2 aliphatic rings. The molecule has 0 saturated carbocycles. The lowest BCUT2D eigenvalue weighted by atomic mass is 10.00. The number of pyridine rings is 2. The maximum atomic E-state index is 10.3. The van der Waals surface area contributed by atoms with Crippen molar-refractivity contribution < 1.29 is 14.6 Å². The molecule has 264 valence electrons. The van der Waals surface area contributed by atoms with E-state index < -0.39 is 12.2 Å². The standard InChI is InChI=1S/C23H21N5O2.C15H16BrN5O/c24-27-26-20-7-8-28(14-21(20)29)13-15-5-6-17-11-25-12-19(18(17)9-15)23-10-16-3-1-2-4-22(16)30-23;16-13-7-18-6-11-2-1-10(5-12(11)13)8-21-4-3-14(19-20-17)15(22)9-21/h1-6,9-12,20-21,29H,7-8,13-14H2;1-2,5-7,14-15,22H,3-4,8-9H2/t20-,21-;14-,15-/m11/s1. The molecule has 0 radical (unpaired) electrons. The number of para-hydroxylation sites is 1. The van der Waals surface area contributed by atoms with E-state index in [0.29, 0.717) is 25.9 Å². The monoisotopic (exact) mass is 760 g/mol. The highest BCUT2D eigenvalue weighted by atomic mass is 79.9. The van der Waals surface area contributed by atoms with Crippen LogP contribution in [0.5, 0.6) is 0 Å². The molecule has 4 atom stereocenters. The Morgan fingerprint density at radius 3 is 1.90 bits per heavy atom. The van der Waals surface area contributed by atoms with Crippen LogP contribution in [0.25, 0.3) is 64.7 Å². The van der Waals surface area contributed by atoms with Crippen LogP contribution in [0.15, 0.2) is 111 Å². The van der Waals surface area contributed by atoms with Crippen LogP contribution in [0.1, 0.15) is 24.0 Å². The second-order valence-electron chi connectivity index (χ2n) is 13.3. The Hall–Kier alpha value is -5.04. The highest BCUT2D eigenvalue weighted by molar-refractivity contribution is 9.10. The van der Waals surface area contributed by atoms with Crippen molar-refractivity contribution in [3.63, 3.8) is 0 Å². The molecular weight excluding hydrogens is 724 g/mol. The third-order valence-corrected chi connectivity index (χ3v) is 10.4. The van der Waals surface area contributed by atoms with Crippen LogP contribution in [0.2, 0.25) is 0 Å². The number of piperidine rings is 2. The van der Waals surface area contributed by atoms with Crippen LogP contribution in [0, 0.1) is 0 Å². The molecule has 13 nitrogen and oxygen atoms in total. The van der Waals surface area contributed by atoms with Crippen molar-refractivity contribution in [2.24, 2.45) is 10.2 Å². The van der Waals surface area contributed by atoms with Crippen molar-refractivity contribution >= 4 is 48.4 Å². The number of azide groups is 2. The first-order valence-corrected chi connectivity index (χ1v) is 17.9. The Labute approximate surface area is 307 Å². The number of rotatable bonds is 7. The van der Waals surface area contributed by atoms with Gasteiger partial charge in [0, 0.05) is 87.0 Å². The van der Waals surface area contributed by atoms with Crippen LogP contribution < -0.4 is 0 Å². The van der Waals surface area contributed by atoms with Gasteiger partial charge in [0.15, 0.2) is 0 Å². The number of nitrogens with zero attached hydrogens (tertiary/aromatic N) is 10. The van der Waals surface area contributed by atoms with Crippen LogP contribution in [0.3, 0.4) is 0 Å². The van der Waals surface area contributed by atoms with Gasteiger partial charge in [-0.15, -0.1) is 0 Å². The van der Waals surface area contributed by atoms with Crippen LogP contribution >= 0.6 is 15.9 Å². The summed E-state index contributed by atoms with van der Waals surface area (Å²) in [5.74, 6) is 0.803. The SMILES string of the molecule is [N-]=[N+]=N[C@@H]1CCN(Cc2ccc3cncc(-c4cc5ccccc5o4)c3c2)C[C@H]1O.[N-]=[N+]=N[C@@H]1CCN(Cc2ccc3cncc(Br)c3c2)C[C@H]1O. The van der Waals surface area contributed by atoms with Gasteiger partial charge in [0.25, 0.3) is 0 Å². The molecular formula is C38H37BrN10O3. The second-order valence-corrected chi connectivity index (χ2v) is 14.1. The first-order chi connectivity index (χ1) is 25.4. The lowest BCUT2D eigenvalue weighted by Gasteiger charge is -2.33. The molecule has 5 heterocycles. The van der Waals surface area contributed by atoms with E-state index in [1.54, 1.807) is 6.20 Å². The topological polar surface area (TPSA) is 183 Å². The Kier molecular flexibility index (Phi) is 11.0. The van der Waals surface area contributed by atoms with Crippen molar-refractivity contribution in [1.82, 2.24) is 19.8 Å². The summed E-state index contributed by atoms with van der Waals surface area (Å²) in [6.45, 7) is 4.11. The van der Waals surface area contributed by atoms with Crippen molar-refractivity contribution in [2.45, 2.75) is 50.2 Å². The van der Waals surface area contributed by atoms with Gasteiger partial charge < -0.3 is 14.6 Å². The minimum absolute atomic E-state index is 0.307. The van der Waals surface area contributed by atoms with Gasteiger partial charge >= 0.3 is 0 Å². The van der Waals surface area contributed by atoms with Gasteiger partial charge in [0.2, 0.25) is 0 Å². The fourth-order valence-corrected chi connectivity index (χ4v) is 7.53. The average Bonchev–Trinajstić information content (AvgIpc) is 3.59. The molecule has 14 heteroatoms. The number of halogens is 1. The maximum Gasteiger partial charge on any atom is 0.137 e. The minimum Gasteiger partial charge on any atom is -0.456 e. The highest BCUT2D eigenvalue weighted by Crippen LogP contribution is 2.33. The molecule has 2 fully saturated rings. The van der Waals surface area contributed by atoms with E-state index in [0.717, 1.165) is 80.1 Å². The molecule has 2 saturated heterocycles. The smallest absolute Gasteiger partial charge is 0.137 e. The van der Waals surface area contributed by atoms with Gasteiger partial charge in [-0.05, 0) is 99.1 Å². The van der Waals surface area contributed by atoms with Crippen LogP contribution in [-0.4, -0.2) is 80.5 Å². The number of β-amino-alcohol motifs (C(OH)–C–C–N with tert-alkyl or cyclic N) is 2. The second kappa shape index (κ2) is 16.1. The molecule has 6 aromatic rings. The fourth-order valence-electron chi connectivity index (χ4n) is 7.07. The molecule has 0 bridgehead atoms. The van der Waals surface area contributed by atoms with Gasteiger partial charge in [-0.3, -0.25) is 19.8 Å². The van der Waals surface area contributed by atoms with Crippen molar-refractivity contribution in [3.05, 3.63) is 128 Å². The summed E-state index contributed by atoms with van der Waals surface area (Å²) in [6, 6.07) is 22.0. The molecule has 3 aromatic heterocycles. The molecule has 2 N–H and O–H groups in total. The lowest BCUT2D eigenvalue weighted by molar-refractivity contribution is 0.0500. The lowest BCUT2D eigenvalue weighted by Crippen LogP contribution is -2.45. The van der Waals surface area contributed by atoms with Crippen molar-refractivity contribution in [3.8, 4) is 11.3 Å². The average molecular weight is 762 g/mol. The van der Waals surface area contributed by atoms with E-state index in [2.05, 4.69) is 98.2 Å². The molecule has 0 amide bonds. The summed E-state index contributed by atoms with van der Waals surface area (Å²) in [6.07, 6.45) is 7.46. The Balaban J connectivity index is 0.000000170. The zero-order chi connectivity index (χ0) is 36.0. The first-order valence-electron chi connectivity index (χ1n) is 17.2. The normalized spacial score (nSPS) is 20.9. The van der Waals surface area contributed by atoms with Gasteiger partial charge in [-0.2, -0.15) is 0 Å². The summed E-state index contributed by atoms with van der Waals surface area (Å²) in [5.41, 5.74) is 21.3. The van der Waals surface area contributed by atoms with E-state index >= 15 is 0 Å². The van der Waals surface area contributed by atoms with E-state index in [1.807, 2.05) is 42.9 Å². The number of fused-ring (bicyclic) bond motifs is 3. The van der Waals surface area contributed by atoms with E-state index in [1.165, 1.54) is 5.56 Å². The van der Waals surface area contributed by atoms with Gasteiger partial charge in [0.1, 0.15) is 11.3 Å². The molecule has 8 rings (SSSR count). The van der Waals surface area contributed by atoms with E-state index in [9.17, 15) is 10.2 Å².